The Labute approximate surface area is 174 Å². The predicted octanol–water partition coefficient (Wildman–Crippen LogP) is 5.98. The fraction of sp³-hybridized carbons (Fsp3) is 0.400. The molecular weight excluding hydrogens is 387 g/mol. The van der Waals surface area contributed by atoms with Gasteiger partial charge in [0, 0.05) is 18.0 Å². The van der Waals surface area contributed by atoms with Crippen molar-refractivity contribution in [3.8, 4) is 0 Å². The van der Waals surface area contributed by atoms with Crippen molar-refractivity contribution in [1.82, 2.24) is 4.98 Å². The van der Waals surface area contributed by atoms with Crippen molar-refractivity contribution in [3.63, 3.8) is 0 Å². The summed E-state index contributed by atoms with van der Waals surface area (Å²) in [4.78, 5) is 4.24. The third kappa shape index (κ3) is 3.49. The standard InChI is InChI=1S/C25H26F3NO/c1-16-12-17(2)22-18(13-16)8-10-23(22,3)15-24(30,25(26,27)28)14-19-9-11-29-21-7-5-4-6-20(19)21/h4-7,9,11-13,30H,8,10,14-15H2,1-3H3. The number of para-hydroxylation sites is 1. The number of aryl methyl sites for hydroxylation is 3. The quantitative estimate of drug-likeness (QED) is 0.571. The normalized spacial score (nSPS) is 20.9. The highest BCUT2D eigenvalue weighted by molar-refractivity contribution is 5.82. The summed E-state index contributed by atoms with van der Waals surface area (Å²) in [5.41, 5.74) is 1.72. The highest BCUT2D eigenvalue weighted by Gasteiger charge is 2.57. The van der Waals surface area contributed by atoms with Gasteiger partial charge in [-0.25, -0.2) is 0 Å². The molecule has 2 atom stereocenters. The largest absolute Gasteiger partial charge is 0.417 e. The molecule has 0 aliphatic heterocycles. The predicted molar refractivity (Wildman–Crippen MR) is 113 cm³/mol. The summed E-state index contributed by atoms with van der Waals surface area (Å²) >= 11 is 0. The van der Waals surface area contributed by atoms with Crippen LogP contribution in [0.1, 0.15) is 47.6 Å². The van der Waals surface area contributed by atoms with Crippen LogP contribution in [0.3, 0.4) is 0 Å². The first kappa shape index (κ1) is 20.9. The molecule has 30 heavy (non-hydrogen) atoms. The number of alkyl halides is 3. The molecule has 0 radical (unpaired) electrons. The van der Waals surface area contributed by atoms with E-state index in [0.29, 0.717) is 22.9 Å². The zero-order valence-electron chi connectivity index (χ0n) is 17.5. The van der Waals surface area contributed by atoms with E-state index in [1.54, 1.807) is 30.3 Å². The Hall–Kier alpha value is -2.40. The number of aromatic nitrogens is 1. The minimum atomic E-state index is -4.75. The molecule has 0 spiro atoms. The Morgan fingerprint density at radius 1 is 1.10 bits per heavy atom. The van der Waals surface area contributed by atoms with Crippen molar-refractivity contribution in [1.29, 1.82) is 0 Å². The highest BCUT2D eigenvalue weighted by Crippen LogP contribution is 2.50. The molecule has 0 fully saturated rings. The van der Waals surface area contributed by atoms with Crippen LogP contribution >= 0.6 is 0 Å². The van der Waals surface area contributed by atoms with Gasteiger partial charge in [0.25, 0.3) is 0 Å². The number of halogens is 3. The van der Waals surface area contributed by atoms with E-state index in [2.05, 4.69) is 11.1 Å². The highest BCUT2D eigenvalue weighted by atomic mass is 19.4. The Kier molecular flexibility index (Phi) is 4.93. The molecule has 1 aliphatic carbocycles. The first-order valence-corrected chi connectivity index (χ1v) is 10.2. The summed E-state index contributed by atoms with van der Waals surface area (Å²) in [6.07, 6.45) is -2.76. The van der Waals surface area contributed by atoms with Gasteiger partial charge in [-0.05, 0) is 72.9 Å². The van der Waals surface area contributed by atoms with Crippen LogP contribution in [0.2, 0.25) is 0 Å². The first-order valence-electron chi connectivity index (χ1n) is 10.2. The van der Waals surface area contributed by atoms with Gasteiger partial charge in [-0.2, -0.15) is 13.2 Å². The fourth-order valence-electron chi connectivity index (χ4n) is 5.36. The summed E-state index contributed by atoms with van der Waals surface area (Å²) in [5, 5.41) is 11.8. The van der Waals surface area contributed by atoms with Crippen molar-refractivity contribution in [2.45, 2.75) is 63.6 Å². The second-order valence-corrected chi connectivity index (χ2v) is 9.05. The Morgan fingerprint density at radius 3 is 2.57 bits per heavy atom. The van der Waals surface area contributed by atoms with E-state index in [-0.39, 0.29) is 6.42 Å². The van der Waals surface area contributed by atoms with Gasteiger partial charge in [0.1, 0.15) is 0 Å². The zero-order valence-corrected chi connectivity index (χ0v) is 17.5. The number of nitrogens with zero attached hydrogens (tertiary/aromatic N) is 1. The van der Waals surface area contributed by atoms with E-state index in [9.17, 15) is 18.3 Å². The summed E-state index contributed by atoms with van der Waals surface area (Å²) in [7, 11) is 0. The van der Waals surface area contributed by atoms with Crippen LogP contribution in [-0.4, -0.2) is 21.9 Å². The lowest BCUT2D eigenvalue weighted by Crippen LogP contribution is -2.51. The zero-order chi connectivity index (χ0) is 21.7. The molecule has 1 heterocycles. The van der Waals surface area contributed by atoms with E-state index in [0.717, 1.165) is 28.7 Å². The lowest BCUT2D eigenvalue weighted by atomic mass is 9.71. The van der Waals surface area contributed by atoms with E-state index in [4.69, 9.17) is 0 Å². The molecule has 4 rings (SSSR count). The van der Waals surface area contributed by atoms with Gasteiger partial charge in [0.2, 0.25) is 0 Å². The van der Waals surface area contributed by atoms with Gasteiger partial charge in [0.05, 0.1) is 5.52 Å². The molecule has 1 aromatic heterocycles. The van der Waals surface area contributed by atoms with Gasteiger partial charge >= 0.3 is 6.18 Å². The minimum Gasteiger partial charge on any atom is -0.380 e. The van der Waals surface area contributed by atoms with Crippen LogP contribution in [0.4, 0.5) is 13.2 Å². The number of rotatable bonds is 4. The third-order valence-electron chi connectivity index (χ3n) is 6.54. The molecule has 1 N–H and O–H groups in total. The van der Waals surface area contributed by atoms with E-state index >= 15 is 0 Å². The van der Waals surface area contributed by atoms with Gasteiger partial charge in [-0.3, -0.25) is 4.98 Å². The molecule has 5 heteroatoms. The van der Waals surface area contributed by atoms with Crippen LogP contribution in [0, 0.1) is 13.8 Å². The van der Waals surface area contributed by atoms with Crippen LogP contribution in [-0.2, 0) is 18.3 Å². The average Bonchev–Trinajstić information content (AvgIpc) is 2.97. The number of pyridine rings is 1. The maximum Gasteiger partial charge on any atom is 0.417 e. The first-order chi connectivity index (χ1) is 14.0. The molecule has 0 saturated carbocycles. The lowest BCUT2D eigenvalue weighted by Gasteiger charge is -2.39. The number of hydrogen-bond acceptors (Lipinski definition) is 2. The fourth-order valence-corrected chi connectivity index (χ4v) is 5.36. The average molecular weight is 413 g/mol. The summed E-state index contributed by atoms with van der Waals surface area (Å²) in [6, 6.07) is 12.8. The van der Waals surface area contributed by atoms with E-state index in [1.807, 2.05) is 26.8 Å². The van der Waals surface area contributed by atoms with Crippen molar-refractivity contribution in [2.24, 2.45) is 0 Å². The number of benzene rings is 2. The molecule has 1 aliphatic rings. The van der Waals surface area contributed by atoms with Crippen LogP contribution in [0.15, 0.2) is 48.7 Å². The van der Waals surface area contributed by atoms with E-state index < -0.39 is 23.6 Å². The smallest absolute Gasteiger partial charge is 0.380 e. The SMILES string of the molecule is Cc1cc(C)c2c(c1)CCC2(C)CC(O)(Cc1ccnc2ccccc12)C(F)(F)F. The number of hydrogen-bond donors (Lipinski definition) is 1. The van der Waals surface area contributed by atoms with Crippen LogP contribution in [0.25, 0.3) is 10.9 Å². The lowest BCUT2D eigenvalue weighted by molar-refractivity contribution is -0.266. The topological polar surface area (TPSA) is 33.1 Å². The second kappa shape index (κ2) is 7.09. The monoisotopic (exact) mass is 413 g/mol. The third-order valence-corrected chi connectivity index (χ3v) is 6.54. The molecular formula is C25H26F3NO. The molecule has 158 valence electrons. The number of aliphatic hydroxyl groups is 1. The summed E-state index contributed by atoms with van der Waals surface area (Å²) in [5.74, 6) is 0. The Balaban J connectivity index is 1.76. The Morgan fingerprint density at radius 2 is 1.83 bits per heavy atom. The maximum atomic E-state index is 14.3. The van der Waals surface area contributed by atoms with Gasteiger partial charge in [0.15, 0.2) is 5.60 Å². The molecule has 2 aromatic carbocycles. The molecule has 3 aromatic rings. The molecule has 2 nitrogen and oxygen atoms in total. The van der Waals surface area contributed by atoms with Crippen molar-refractivity contribution >= 4 is 10.9 Å². The van der Waals surface area contributed by atoms with Crippen LogP contribution < -0.4 is 0 Å². The number of fused-ring (bicyclic) bond motifs is 2. The van der Waals surface area contributed by atoms with Crippen LogP contribution in [0.5, 0.6) is 0 Å². The summed E-state index contributed by atoms with van der Waals surface area (Å²) in [6.45, 7) is 5.82. The van der Waals surface area contributed by atoms with Gasteiger partial charge in [-0.1, -0.05) is 42.8 Å². The van der Waals surface area contributed by atoms with Crippen molar-refractivity contribution in [2.75, 3.05) is 0 Å². The molecule has 0 bridgehead atoms. The molecule has 0 amide bonds. The molecule has 0 saturated heterocycles. The van der Waals surface area contributed by atoms with Gasteiger partial charge < -0.3 is 5.11 Å². The second-order valence-electron chi connectivity index (χ2n) is 9.05. The van der Waals surface area contributed by atoms with Crippen molar-refractivity contribution in [3.05, 3.63) is 76.5 Å². The van der Waals surface area contributed by atoms with Gasteiger partial charge in [-0.15, -0.1) is 0 Å². The maximum absolute atomic E-state index is 14.3. The molecule has 2 unspecified atom stereocenters. The minimum absolute atomic E-state index is 0.364. The van der Waals surface area contributed by atoms with Crippen molar-refractivity contribution < 1.29 is 18.3 Å². The summed E-state index contributed by atoms with van der Waals surface area (Å²) < 4.78 is 42.9. The van der Waals surface area contributed by atoms with E-state index in [1.165, 1.54) is 6.20 Å². The Bertz CT molecular complexity index is 1100.